The number of phenols is 1. The maximum atomic E-state index is 13.9. The van der Waals surface area contributed by atoms with E-state index in [0.717, 1.165) is 15.3 Å². The van der Waals surface area contributed by atoms with Crippen LogP contribution in [0.2, 0.25) is 0 Å². The number of urea groups is 1. The molecule has 2 aromatic rings. The average Bonchev–Trinajstić information content (AvgIpc) is 3.42. The third-order valence-electron chi connectivity index (χ3n) is 6.81. The van der Waals surface area contributed by atoms with E-state index in [1.807, 2.05) is 7.05 Å². The van der Waals surface area contributed by atoms with Crippen LogP contribution in [0.3, 0.4) is 0 Å². The van der Waals surface area contributed by atoms with E-state index in [2.05, 4.69) is 26.0 Å². The fourth-order valence-corrected chi connectivity index (χ4v) is 8.20. The number of phenolic OH excluding ortho intramolecular Hbond substituents is 1. The van der Waals surface area contributed by atoms with Crippen molar-refractivity contribution in [2.45, 2.75) is 24.4 Å². The number of rotatable bonds is 10. The van der Waals surface area contributed by atoms with Crippen LogP contribution in [0.5, 0.6) is 5.75 Å². The molecule has 20 heteroatoms. The molecule has 0 bridgehead atoms. The van der Waals surface area contributed by atoms with E-state index in [0.29, 0.717) is 16.2 Å². The van der Waals surface area contributed by atoms with Crippen LogP contribution in [0, 0.1) is 0 Å². The van der Waals surface area contributed by atoms with Crippen LogP contribution in [-0.4, -0.2) is 89.2 Å². The minimum Gasteiger partial charge on any atom is -0.508 e. The normalized spacial score (nSPS) is 19.7. The number of aromatic amines is 1. The molecular weight excluding hydrogens is 663 g/mol. The zero-order valence-electron chi connectivity index (χ0n) is 24.0. The number of H-pyrrole nitrogens is 1. The Hall–Kier alpha value is -4.66. The van der Waals surface area contributed by atoms with E-state index in [9.17, 15) is 39.0 Å². The largest absolute Gasteiger partial charge is 0.508 e. The number of anilines is 2. The van der Waals surface area contributed by atoms with Crippen molar-refractivity contribution in [2.24, 2.45) is 5.73 Å². The van der Waals surface area contributed by atoms with Crippen molar-refractivity contribution in [3.8, 4) is 5.75 Å². The quantitative estimate of drug-likeness (QED) is 0.132. The molecule has 5 rings (SSSR count). The van der Waals surface area contributed by atoms with Crippen molar-refractivity contribution in [3.05, 3.63) is 68.1 Å². The summed E-state index contributed by atoms with van der Waals surface area (Å²) in [4.78, 5) is 84.8. The van der Waals surface area contributed by atoms with E-state index in [1.54, 1.807) is 10.6 Å². The zero-order valence-corrected chi connectivity index (χ0v) is 26.5. The summed E-state index contributed by atoms with van der Waals surface area (Å²) in [7, 11) is 1.83. The monoisotopic (exact) mass is 689 g/mol. The molecule has 0 aliphatic carbocycles. The van der Waals surface area contributed by atoms with Gasteiger partial charge in [0.15, 0.2) is 0 Å². The topological polar surface area (TPSA) is 243 Å². The van der Waals surface area contributed by atoms with Gasteiger partial charge in [-0.2, -0.15) is 4.41 Å². The first-order valence-electron chi connectivity index (χ1n) is 13.3. The number of hydrogen-bond donors (Lipinski definition) is 7. The van der Waals surface area contributed by atoms with E-state index in [-0.39, 0.29) is 28.7 Å². The lowest BCUT2D eigenvalue weighted by Gasteiger charge is -2.49. The number of nitrogens with two attached hydrogens (primary N) is 1. The molecule has 8 N–H and O–H groups in total. The van der Waals surface area contributed by atoms with Gasteiger partial charge in [-0.15, -0.1) is 23.5 Å². The molecule has 3 aliphatic heterocycles. The van der Waals surface area contributed by atoms with Crippen molar-refractivity contribution in [3.63, 3.8) is 0 Å². The molecule has 1 saturated heterocycles. The number of carboxylic acid groups (broad SMARTS) is 1. The molecule has 0 spiro atoms. The van der Waals surface area contributed by atoms with Gasteiger partial charge in [-0.25, -0.2) is 14.6 Å². The van der Waals surface area contributed by atoms with Crippen LogP contribution in [0.15, 0.2) is 57.0 Å². The maximum Gasteiger partial charge on any atom is 0.352 e. The number of β-lactam (4-membered cyclic amide) rings is 1. The average molecular weight is 690 g/mol. The summed E-state index contributed by atoms with van der Waals surface area (Å²) >= 11 is 4.14. The molecule has 1 fully saturated rings. The molecule has 242 valence electrons. The molecule has 3 atom stereocenters. The standard InChI is InChI=1S/C26H27N9O8S3/c1-11(36)30-26-28-7-15(20(38)32-26)34(25(27)43)18(12-3-5-14(37)6-4-12)21(39)31-17-22(40)35-19(24(41)42)13(10-45-23(17)35)9-44-16-8-29-33(2)46-16/h3-8,17-18,23,29,37H,9-10H2,1-2H3,(H2,27,43)(H,31,39)(H,41,42)(H2,28,30,32,36,38)/t17?,18?,23-/m1/s1. The number of carboxylic acids is 1. The van der Waals surface area contributed by atoms with Gasteiger partial charge in [0.05, 0.1) is 10.4 Å². The Bertz CT molecular complexity index is 1730. The van der Waals surface area contributed by atoms with Gasteiger partial charge in [0.25, 0.3) is 11.5 Å². The molecule has 0 radical (unpaired) electrons. The number of fused-ring (bicyclic) bond motifs is 1. The highest BCUT2D eigenvalue weighted by Crippen LogP contribution is 2.43. The summed E-state index contributed by atoms with van der Waals surface area (Å²) < 4.78 is 2.70. The first-order valence-corrected chi connectivity index (χ1v) is 16.1. The molecule has 1 aromatic heterocycles. The minimum atomic E-state index is -1.63. The van der Waals surface area contributed by atoms with Gasteiger partial charge in [0.1, 0.15) is 34.6 Å². The first kappa shape index (κ1) is 32.7. The van der Waals surface area contributed by atoms with Gasteiger partial charge < -0.3 is 26.7 Å². The number of aromatic nitrogens is 2. The third-order valence-corrected chi connectivity index (χ3v) is 10.3. The van der Waals surface area contributed by atoms with Crippen LogP contribution < -0.4 is 32.3 Å². The van der Waals surface area contributed by atoms with Gasteiger partial charge >= 0.3 is 12.0 Å². The summed E-state index contributed by atoms with van der Waals surface area (Å²) in [5.41, 5.74) is 7.81. The lowest BCUT2D eigenvalue weighted by molar-refractivity contribution is -0.150. The second-order valence-corrected chi connectivity index (χ2v) is 13.5. The number of carbonyl (C=O) groups is 5. The fourth-order valence-electron chi connectivity index (χ4n) is 4.83. The zero-order chi connectivity index (χ0) is 33.3. The number of hydrogen-bond acceptors (Lipinski definition) is 13. The number of hydrazine groups is 1. The number of nitrogens with one attached hydrogen (secondary N) is 4. The lowest BCUT2D eigenvalue weighted by Crippen LogP contribution is -2.71. The molecule has 5 amide bonds. The van der Waals surface area contributed by atoms with Crippen molar-refractivity contribution in [1.82, 2.24) is 30.0 Å². The van der Waals surface area contributed by atoms with Crippen molar-refractivity contribution in [2.75, 3.05) is 28.8 Å². The Balaban J connectivity index is 1.41. The van der Waals surface area contributed by atoms with Crippen molar-refractivity contribution < 1.29 is 34.2 Å². The highest BCUT2D eigenvalue weighted by molar-refractivity contribution is 8.21. The maximum absolute atomic E-state index is 13.9. The van der Waals surface area contributed by atoms with Crippen LogP contribution in [0.1, 0.15) is 18.5 Å². The van der Waals surface area contributed by atoms with E-state index in [1.165, 1.54) is 66.7 Å². The Labute approximate surface area is 273 Å². The summed E-state index contributed by atoms with van der Waals surface area (Å²) in [5.74, 6) is -3.14. The number of amides is 5. The molecule has 17 nitrogen and oxygen atoms in total. The number of carbonyl (C=O) groups excluding carboxylic acids is 4. The highest BCUT2D eigenvalue weighted by Gasteiger charge is 2.55. The second kappa shape index (κ2) is 13.4. The summed E-state index contributed by atoms with van der Waals surface area (Å²) in [6, 6.07) is 1.13. The van der Waals surface area contributed by atoms with Crippen molar-refractivity contribution >= 4 is 76.8 Å². The Kier molecular flexibility index (Phi) is 9.51. The molecule has 0 saturated carbocycles. The van der Waals surface area contributed by atoms with Crippen molar-refractivity contribution in [1.29, 1.82) is 0 Å². The molecule has 3 aliphatic rings. The predicted octanol–water partition coefficient (Wildman–Crippen LogP) is 0.429. The highest BCUT2D eigenvalue weighted by atomic mass is 32.2. The van der Waals surface area contributed by atoms with E-state index in [4.69, 9.17) is 5.73 Å². The first-order chi connectivity index (χ1) is 21.8. The number of benzene rings is 1. The fraction of sp³-hybridized carbons (Fsp3) is 0.269. The van der Waals surface area contributed by atoms with Gasteiger partial charge in [-0.1, -0.05) is 12.1 Å². The van der Waals surface area contributed by atoms with Gasteiger partial charge in [-0.05, 0) is 35.2 Å². The predicted molar refractivity (Wildman–Crippen MR) is 171 cm³/mol. The lowest BCUT2D eigenvalue weighted by atomic mass is 10.00. The smallest absolute Gasteiger partial charge is 0.352 e. The van der Waals surface area contributed by atoms with Gasteiger partial charge in [0.2, 0.25) is 17.8 Å². The molecular formula is C26H27N9O8S3. The van der Waals surface area contributed by atoms with Crippen LogP contribution in [0.4, 0.5) is 16.4 Å². The van der Waals surface area contributed by atoms with Crippen LogP contribution >= 0.6 is 35.5 Å². The van der Waals surface area contributed by atoms with Gasteiger partial charge in [0, 0.05) is 31.7 Å². The molecule has 1 aromatic carbocycles. The summed E-state index contributed by atoms with van der Waals surface area (Å²) in [6.45, 7) is 1.20. The van der Waals surface area contributed by atoms with E-state index >= 15 is 0 Å². The molecule has 4 heterocycles. The number of primary amides is 1. The number of aromatic hydroxyl groups is 1. The number of thioether (sulfide) groups is 2. The Morgan fingerprint density at radius 1 is 1.24 bits per heavy atom. The minimum absolute atomic E-state index is 0.115. The third kappa shape index (κ3) is 6.64. The number of nitrogens with zero attached hydrogens (tertiary/aromatic N) is 4. The summed E-state index contributed by atoms with van der Waals surface area (Å²) in [6.07, 6.45) is 2.73. The Morgan fingerprint density at radius 2 is 1.96 bits per heavy atom. The Morgan fingerprint density at radius 3 is 2.54 bits per heavy atom. The van der Waals surface area contributed by atoms with Crippen LogP contribution in [-0.2, 0) is 19.2 Å². The van der Waals surface area contributed by atoms with Gasteiger partial charge in [-0.3, -0.25) is 39.3 Å². The second-order valence-electron chi connectivity index (χ2n) is 9.95. The number of aliphatic carboxylic acids is 1. The molecule has 46 heavy (non-hydrogen) atoms. The molecule has 2 unspecified atom stereocenters. The van der Waals surface area contributed by atoms with E-state index < -0.39 is 58.4 Å². The SMILES string of the molecule is CC(=O)Nc1ncc(N(C(N)=O)C(C(=O)NC2C(=O)N3C(C(=O)O)=C(CSC4=CNN(C)S4)CS[C@H]23)c2ccc(O)cc2)c(=O)[nH]1. The van der Waals surface area contributed by atoms with Crippen LogP contribution in [0.25, 0.3) is 0 Å². The summed E-state index contributed by atoms with van der Waals surface area (Å²) in [5, 5.41) is 24.0.